The average molecular weight is 312 g/mol. The quantitative estimate of drug-likeness (QED) is 0.355. The number of nitrogens with zero attached hydrogens (tertiary/aromatic N) is 2. The van der Waals surface area contributed by atoms with Crippen LogP contribution in [0.5, 0.6) is 11.5 Å². The van der Waals surface area contributed by atoms with Crippen molar-refractivity contribution in [1.82, 2.24) is 10.7 Å². The Bertz CT molecular complexity index is 562. The minimum Gasteiger partial charge on any atom is -0.496 e. The SMILES string of the molecule is CCNC(=S)N/N=C/c1cc([N+](=O)[O-])c(OC)cc1OC. The van der Waals surface area contributed by atoms with E-state index in [-0.39, 0.29) is 11.4 Å². The number of nitro benzene ring substituents is 1. The molecular formula is C12H16N4O4S. The highest BCUT2D eigenvalue weighted by atomic mass is 32.1. The van der Waals surface area contributed by atoms with Gasteiger partial charge in [-0.2, -0.15) is 5.10 Å². The topological polar surface area (TPSA) is 98.0 Å². The second-order valence-corrected chi connectivity index (χ2v) is 4.16. The second kappa shape index (κ2) is 8.00. The molecule has 0 aliphatic heterocycles. The first-order valence-corrected chi connectivity index (χ1v) is 6.41. The average Bonchev–Trinajstić information content (AvgIpc) is 2.46. The Morgan fingerprint density at radius 3 is 2.62 bits per heavy atom. The minimum absolute atomic E-state index is 0.116. The van der Waals surface area contributed by atoms with E-state index in [0.29, 0.717) is 23.0 Å². The highest BCUT2D eigenvalue weighted by Gasteiger charge is 2.18. The van der Waals surface area contributed by atoms with Gasteiger partial charge in [0.25, 0.3) is 0 Å². The molecule has 1 aromatic carbocycles. The predicted molar refractivity (Wildman–Crippen MR) is 83.2 cm³/mol. The highest BCUT2D eigenvalue weighted by Crippen LogP contribution is 2.33. The molecule has 2 N–H and O–H groups in total. The summed E-state index contributed by atoms with van der Waals surface area (Å²) in [5.41, 5.74) is 2.85. The van der Waals surface area contributed by atoms with Gasteiger partial charge in [-0.1, -0.05) is 0 Å². The maximum atomic E-state index is 11.0. The van der Waals surface area contributed by atoms with Crippen LogP contribution in [-0.2, 0) is 0 Å². The molecule has 1 rings (SSSR count). The smallest absolute Gasteiger partial charge is 0.311 e. The fourth-order valence-corrected chi connectivity index (χ4v) is 1.71. The molecule has 21 heavy (non-hydrogen) atoms. The van der Waals surface area contributed by atoms with Gasteiger partial charge in [0.15, 0.2) is 5.11 Å². The Morgan fingerprint density at radius 1 is 1.43 bits per heavy atom. The largest absolute Gasteiger partial charge is 0.496 e. The lowest BCUT2D eigenvalue weighted by Crippen LogP contribution is -2.31. The van der Waals surface area contributed by atoms with Gasteiger partial charge in [0.2, 0.25) is 5.75 Å². The van der Waals surface area contributed by atoms with Gasteiger partial charge in [0.1, 0.15) is 5.75 Å². The number of hydrogen-bond donors (Lipinski definition) is 2. The van der Waals surface area contributed by atoms with Gasteiger partial charge in [-0.05, 0) is 19.1 Å². The van der Waals surface area contributed by atoms with E-state index in [1.807, 2.05) is 6.92 Å². The van der Waals surface area contributed by atoms with Crippen molar-refractivity contribution in [2.45, 2.75) is 6.92 Å². The third-order valence-corrected chi connectivity index (χ3v) is 2.67. The number of ether oxygens (including phenoxy) is 2. The predicted octanol–water partition coefficient (Wildman–Crippen LogP) is 1.43. The number of hydrazone groups is 1. The molecule has 0 aliphatic carbocycles. The lowest BCUT2D eigenvalue weighted by atomic mass is 10.1. The maximum absolute atomic E-state index is 11.0. The molecule has 0 aromatic heterocycles. The van der Waals surface area contributed by atoms with Crippen LogP contribution in [0.15, 0.2) is 17.2 Å². The Hall–Kier alpha value is -2.42. The van der Waals surface area contributed by atoms with Crippen molar-refractivity contribution in [3.63, 3.8) is 0 Å². The van der Waals surface area contributed by atoms with Crippen molar-refractivity contribution in [3.05, 3.63) is 27.8 Å². The molecule has 0 radical (unpaired) electrons. The number of thiocarbonyl (C=S) groups is 1. The van der Waals surface area contributed by atoms with E-state index in [1.165, 1.54) is 32.6 Å². The number of nitro groups is 1. The van der Waals surface area contributed by atoms with Crippen LogP contribution in [0, 0.1) is 10.1 Å². The molecule has 0 heterocycles. The zero-order valence-corrected chi connectivity index (χ0v) is 12.7. The van der Waals surface area contributed by atoms with Gasteiger partial charge in [-0.15, -0.1) is 0 Å². The molecule has 114 valence electrons. The van der Waals surface area contributed by atoms with E-state index < -0.39 is 4.92 Å². The van der Waals surface area contributed by atoms with Crippen LogP contribution in [0.25, 0.3) is 0 Å². The molecule has 8 nitrogen and oxygen atoms in total. The molecule has 0 bridgehead atoms. The molecule has 9 heteroatoms. The van der Waals surface area contributed by atoms with Crippen LogP contribution < -0.4 is 20.2 Å². The number of rotatable bonds is 6. The first kappa shape index (κ1) is 16.6. The fraction of sp³-hybridized carbons (Fsp3) is 0.333. The summed E-state index contributed by atoms with van der Waals surface area (Å²) < 4.78 is 10.1. The molecular weight excluding hydrogens is 296 g/mol. The summed E-state index contributed by atoms with van der Waals surface area (Å²) in [6.07, 6.45) is 1.38. The van der Waals surface area contributed by atoms with E-state index in [9.17, 15) is 10.1 Å². The maximum Gasteiger partial charge on any atom is 0.311 e. The first-order valence-electron chi connectivity index (χ1n) is 6.00. The Labute approximate surface area is 127 Å². The van der Waals surface area contributed by atoms with Crippen LogP contribution in [0.3, 0.4) is 0 Å². The van der Waals surface area contributed by atoms with E-state index in [0.717, 1.165) is 0 Å². The van der Waals surface area contributed by atoms with E-state index in [1.54, 1.807) is 0 Å². The molecule has 1 aromatic rings. The Morgan fingerprint density at radius 2 is 2.10 bits per heavy atom. The summed E-state index contributed by atoms with van der Waals surface area (Å²) in [7, 11) is 2.81. The summed E-state index contributed by atoms with van der Waals surface area (Å²) in [5, 5.41) is 18.1. The molecule has 0 saturated carbocycles. The van der Waals surface area contributed by atoms with Crippen LogP contribution in [-0.4, -0.2) is 37.0 Å². The summed E-state index contributed by atoms with van der Waals surface area (Å²) in [6.45, 7) is 2.56. The summed E-state index contributed by atoms with van der Waals surface area (Å²) >= 11 is 4.94. The third-order valence-electron chi connectivity index (χ3n) is 2.43. The van der Waals surface area contributed by atoms with Crippen LogP contribution in [0.4, 0.5) is 5.69 Å². The van der Waals surface area contributed by atoms with E-state index in [4.69, 9.17) is 21.7 Å². The van der Waals surface area contributed by atoms with Gasteiger partial charge in [-0.25, -0.2) is 0 Å². The van der Waals surface area contributed by atoms with Crippen LogP contribution in [0.1, 0.15) is 12.5 Å². The van der Waals surface area contributed by atoms with Crippen molar-refractivity contribution >= 4 is 29.2 Å². The van der Waals surface area contributed by atoms with Crippen molar-refractivity contribution in [3.8, 4) is 11.5 Å². The summed E-state index contributed by atoms with van der Waals surface area (Å²) in [5.74, 6) is 0.516. The molecule has 0 saturated heterocycles. The van der Waals surface area contributed by atoms with Crippen molar-refractivity contribution in [2.24, 2.45) is 5.10 Å². The number of benzene rings is 1. The molecule has 0 aliphatic rings. The molecule has 0 spiro atoms. The number of hydrogen-bond acceptors (Lipinski definition) is 6. The molecule has 0 fully saturated rings. The Kier molecular flexibility index (Phi) is 6.34. The van der Waals surface area contributed by atoms with Crippen molar-refractivity contribution in [1.29, 1.82) is 0 Å². The van der Waals surface area contributed by atoms with Crippen molar-refractivity contribution < 1.29 is 14.4 Å². The lowest BCUT2D eigenvalue weighted by molar-refractivity contribution is -0.385. The fourth-order valence-electron chi connectivity index (χ4n) is 1.51. The number of nitrogens with one attached hydrogen (secondary N) is 2. The third kappa shape index (κ3) is 4.56. The first-order chi connectivity index (χ1) is 10.0. The van der Waals surface area contributed by atoms with E-state index >= 15 is 0 Å². The van der Waals surface area contributed by atoms with Crippen LogP contribution in [0.2, 0.25) is 0 Å². The summed E-state index contributed by atoms with van der Waals surface area (Å²) in [4.78, 5) is 10.5. The second-order valence-electron chi connectivity index (χ2n) is 3.75. The minimum atomic E-state index is -0.535. The van der Waals surface area contributed by atoms with E-state index in [2.05, 4.69) is 15.8 Å². The summed E-state index contributed by atoms with van der Waals surface area (Å²) in [6, 6.07) is 2.75. The van der Waals surface area contributed by atoms with Gasteiger partial charge in [-0.3, -0.25) is 15.5 Å². The molecule has 0 amide bonds. The molecule has 0 unspecified atom stereocenters. The highest BCUT2D eigenvalue weighted by molar-refractivity contribution is 7.80. The zero-order chi connectivity index (χ0) is 15.8. The normalized spacial score (nSPS) is 10.2. The van der Waals surface area contributed by atoms with Gasteiger partial charge in [0, 0.05) is 24.2 Å². The van der Waals surface area contributed by atoms with Gasteiger partial charge >= 0.3 is 5.69 Å². The van der Waals surface area contributed by atoms with Gasteiger partial charge < -0.3 is 14.8 Å². The molecule has 0 atom stereocenters. The lowest BCUT2D eigenvalue weighted by Gasteiger charge is -2.08. The Balaban J connectivity index is 3.05. The zero-order valence-electron chi connectivity index (χ0n) is 11.9. The monoisotopic (exact) mass is 312 g/mol. The number of methoxy groups -OCH3 is 2. The van der Waals surface area contributed by atoms with Crippen LogP contribution >= 0.6 is 12.2 Å². The standard InChI is InChI=1S/C12H16N4O4S/c1-4-13-12(21)15-14-7-8-5-9(16(17)18)11(20-3)6-10(8)19-2/h5-7H,4H2,1-3H3,(H2,13,15,21)/b14-7+. The van der Waals surface area contributed by atoms with Gasteiger partial charge in [0.05, 0.1) is 25.4 Å². The van der Waals surface area contributed by atoms with Crippen molar-refractivity contribution in [2.75, 3.05) is 20.8 Å².